The maximum Gasteiger partial charge on any atom is 0.257 e. The van der Waals surface area contributed by atoms with Gasteiger partial charge in [0.15, 0.2) is 0 Å². The summed E-state index contributed by atoms with van der Waals surface area (Å²) in [4.78, 5) is 16.6. The second-order valence-electron chi connectivity index (χ2n) is 6.52. The molecule has 0 unspecified atom stereocenters. The van der Waals surface area contributed by atoms with Gasteiger partial charge in [-0.25, -0.2) is 0 Å². The fourth-order valence-electron chi connectivity index (χ4n) is 3.75. The number of morpholine rings is 1. The summed E-state index contributed by atoms with van der Waals surface area (Å²) >= 11 is 0. The van der Waals surface area contributed by atoms with Crippen LogP contribution in [0, 0.1) is 0 Å². The number of aliphatic hydroxyl groups excluding tert-OH is 1. The molecule has 1 N–H and O–H groups in total. The molecule has 1 aliphatic carbocycles. The van der Waals surface area contributed by atoms with Gasteiger partial charge in [0.1, 0.15) is 0 Å². The topological polar surface area (TPSA) is 70.8 Å². The molecule has 128 valence electrons. The number of aryl methyl sites for hydroxylation is 1. The van der Waals surface area contributed by atoms with Crippen molar-refractivity contribution in [3.8, 4) is 0 Å². The Kier molecular flexibility index (Phi) is 4.99. The summed E-state index contributed by atoms with van der Waals surface area (Å²) < 4.78 is 7.02. The Morgan fingerprint density at radius 3 is 2.78 bits per heavy atom. The first-order valence-electron chi connectivity index (χ1n) is 8.33. The van der Waals surface area contributed by atoms with Gasteiger partial charge in [-0.3, -0.25) is 14.4 Å². The van der Waals surface area contributed by atoms with Crippen LogP contribution in [0.25, 0.3) is 0 Å². The SMILES string of the molecule is CN(C(=O)c1cnn(C)c1)[C@@H]1CCC[C@@H](N2CCOCC2)[C@@H]1O. The number of carbonyl (C=O) groups excluding carboxylic acids is 1. The zero-order valence-corrected chi connectivity index (χ0v) is 13.9. The van der Waals surface area contributed by atoms with Crippen molar-refractivity contribution in [3.05, 3.63) is 18.0 Å². The molecule has 7 heteroatoms. The van der Waals surface area contributed by atoms with E-state index in [4.69, 9.17) is 4.74 Å². The van der Waals surface area contributed by atoms with Crippen LogP contribution in [-0.2, 0) is 11.8 Å². The lowest BCUT2D eigenvalue weighted by Gasteiger charge is -2.45. The van der Waals surface area contributed by atoms with Gasteiger partial charge in [-0.2, -0.15) is 5.10 Å². The lowest BCUT2D eigenvalue weighted by molar-refractivity contribution is -0.0613. The molecular weight excluding hydrogens is 296 g/mol. The van der Waals surface area contributed by atoms with Gasteiger partial charge in [-0.1, -0.05) is 0 Å². The Morgan fingerprint density at radius 1 is 1.39 bits per heavy atom. The zero-order valence-electron chi connectivity index (χ0n) is 13.9. The summed E-state index contributed by atoms with van der Waals surface area (Å²) in [7, 11) is 3.58. The minimum Gasteiger partial charge on any atom is -0.389 e. The average molecular weight is 322 g/mol. The van der Waals surface area contributed by atoms with Crippen molar-refractivity contribution in [2.75, 3.05) is 33.4 Å². The van der Waals surface area contributed by atoms with E-state index in [0.29, 0.717) is 5.56 Å². The molecule has 1 saturated heterocycles. The molecule has 1 amide bonds. The number of amides is 1. The Bertz CT molecular complexity index is 541. The van der Waals surface area contributed by atoms with Gasteiger partial charge in [0.05, 0.1) is 37.1 Å². The predicted octanol–water partition coefficient (Wildman–Crippen LogP) is 0.106. The highest BCUT2D eigenvalue weighted by Crippen LogP contribution is 2.28. The van der Waals surface area contributed by atoms with Gasteiger partial charge in [-0.05, 0) is 19.3 Å². The molecule has 2 fully saturated rings. The number of aliphatic hydroxyl groups is 1. The number of carbonyl (C=O) groups is 1. The van der Waals surface area contributed by atoms with E-state index in [9.17, 15) is 9.90 Å². The third-order valence-electron chi connectivity index (χ3n) is 5.07. The van der Waals surface area contributed by atoms with E-state index in [0.717, 1.165) is 45.6 Å². The van der Waals surface area contributed by atoms with E-state index in [-0.39, 0.29) is 18.0 Å². The maximum absolute atomic E-state index is 12.6. The highest BCUT2D eigenvalue weighted by atomic mass is 16.5. The Labute approximate surface area is 136 Å². The van der Waals surface area contributed by atoms with Crippen LogP contribution in [-0.4, -0.2) is 82.1 Å². The normalized spacial score (nSPS) is 29.4. The van der Waals surface area contributed by atoms with Gasteiger partial charge < -0.3 is 14.7 Å². The van der Waals surface area contributed by atoms with Crippen molar-refractivity contribution in [2.24, 2.45) is 7.05 Å². The third kappa shape index (κ3) is 3.41. The number of aromatic nitrogens is 2. The third-order valence-corrected chi connectivity index (χ3v) is 5.07. The van der Waals surface area contributed by atoms with Crippen LogP contribution in [0.4, 0.5) is 0 Å². The second-order valence-corrected chi connectivity index (χ2v) is 6.52. The van der Waals surface area contributed by atoms with Crippen LogP contribution >= 0.6 is 0 Å². The Morgan fingerprint density at radius 2 is 2.13 bits per heavy atom. The molecule has 2 heterocycles. The molecule has 0 aromatic carbocycles. The van der Waals surface area contributed by atoms with E-state index in [2.05, 4.69) is 10.00 Å². The molecule has 1 aromatic rings. The van der Waals surface area contributed by atoms with Gasteiger partial charge >= 0.3 is 0 Å². The summed E-state index contributed by atoms with van der Waals surface area (Å²) in [6.07, 6.45) is 5.61. The first kappa shape index (κ1) is 16.4. The van der Waals surface area contributed by atoms with Crippen LogP contribution in [0.5, 0.6) is 0 Å². The van der Waals surface area contributed by atoms with E-state index < -0.39 is 6.10 Å². The first-order valence-corrected chi connectivity index (χ1v) is 8.33. The molecule has 0 radical (unpaired) electrons. The van der Waals surface area contributed by atoms with Gasteiger partial charge in [0.25, 0.3) is 5.91 Å². The number of hydrogen-bond acceptors (Lipinski definition) is 5. The monoisotopic (exact) mass is 322 g/mol. The van der Waals surface area contributed by atoms with Crippen molar-refractivity contribution in [3.63, 3.8) is 0 Å². The molecule has 1 aliphatic heterocycles. The van der Waals surface area contributed by atoms with Crippen molar-refractivity contribution in [1.82, 2.24) is 19.6 Å². The summed E-state index contributed by atoms with van der Waals surface area (Å²) in [6.45, 7) is 3.15. The fraction of sp³-hybridized carbons (Fsp3) is 0.750. The van der Waals surface area contributed by atoms with E-state index in [1.54, 1.807) is 36.1 Å². The molecule has 3 rings (SSSR count). The van der Waals surface area contributed by atoms with Gasteiger partial charge in [0, 0.05) is 39.4 Å². The lowest BCUT2D eigenvalue weighted by atomic mass is 9.86. The lowest BCUT2D eigenvalue weighted by Crippen LogP contribution is -2.58. The zero-order chi connectivity index (χ0) is 16.4. The smallest absolute Gasteiger partial charge is 0.257 e. The van der Waals surface area contributed by atoms with Gasteiger partial charge in [0.2, 0.25) is 0 Å². The molecule has 0 bridgehead atoms. The fourth-order valence-corrected chi connectivity index (χ4v) is 3.75. The Balaban J connectivity index is 1.69. The minimum absolute atomic E-state index is 0.0789. The van der Waals surface area contributed by atoms with Crippen LogP contribution in [0.1, 0.15) is 29.6 Å². The standard InChI is InChI=1S/C16H26N4O3/c1-18-11-12(10-17-18)16(22)19(2)13-4-3-5-14(15(13)21)20-6-8-23-9-7-20/h10-11,13-15,21H,3-9H2,1-2H3/t13-,14-,15-/m1/s1. The first-order chi connectivity index (χ1) is 11.1. The number of ether oxygens (including phenoxy) is 1. The number of rotatable bonds is 3. The van der Waals surface area contributed by atoms with Crippen molar-refractivity contribution in [2.45, 2.75) is 37.5 Å². The number of hydrogen-bond donors (Lipinski definition) is 1. The summed E-state index contributed by atoms with van der Waals surface area (Å²) in [5, 5.41) is 14.9. The highest BCUT2D eigenvalue weighted by Gasteiger charge is 2.39. The summed E-state index contributed by atoms with van der Waals surface area (Å²) in [5.41, 5.74) is 0.565. The van der Waals surface area contributed by atoms with Crippen molar-refractivity contribution >= 4 is 5.91 Å². The van der Waals surface area contributed by atoms with E-state index >= 15 is 0 Å². The molecule has 0 spiro atoms. The molecule has 7 nitrogen and oxygen atoms in total. The average Bonchev–Trinajstić information content (AvgIpc) is 3.01. The number of likely N-dealkylation sites (N-methyl/N-ethyl adjacent to an activating group) is 1. The molecule has 23 heavy (non-hydrogen) atoms. The van der Waals surface area contributed by atoms with E-state index in [1.807, 2.05) is 0 Å². The second kappa shape index (κ2) is 6.98. The molecule has 1 aromatic heterocycles. The quantitative estimate of drug-likeness (QED) is 0.855. The molecule has 2 aliphatic rings. The number of nitrogens with zero attached hydrogens (tertiary/aromatic N) is 4. The molecule has 1 saturated carbocycles. The van der Waals surface area contributed by atoms with Crippen LogP contribution in [0.2, 0.25) is 0 Å². The largest absolute Gasteiger partial charge is 0.389 e. The molecular formula is C16H26N4O3. The van der Waals surface area contributed by atoms with Crippen LogP contribution in [0.15, 0.2) is 12.4 Å². The maximum atomic E-state index is 12.6. The summed E-state index contributed by atoms with van der Waals surface area (Å²) in [6, 6.07) is -0.0360. The van der Waals surface area contributed by atoms with Gasteiger partial charge in [-0.15, -0.1) is 0 Å². The van der Waals surface area contributed by atoms with Crippen LogP contribution in [0.3, 0.4) is 0 Å². The van der Waals surface area contributed by atoms with Crippen molar-refractivity contribution < 1.29 is 14.6 Å². The van der Waals surface area contributed by atoms with Crippen LogP contribution < -0.4 is 0 Å². The van der Waals surface area contributed by atoms with Crippen molar-refractivity contribution in [1.29, 1.82) is 0 Å². The Hall–Kier alpha value is -1.44. The predicted molar refractivity (Wildman–Crippen MR) is 85.1 cm³/mol. The van der Waals surface area contributed by atoms with E-state index in [1.165, 1.54) is 0 Å². The summed E-state index contributed by atoms with van der Waals surface area (Å²) in [5.74, 6) is -0.0789. The highest BCUT2D eigenvalue weighted by molar-refractivity contribution is 5.93. The minimum atomic E-state index is -0.521. The molecule has 3 atom stereocenters.